The fraction of sp³-hybridized carbons (Fsp3) is 0.481. The number of rotatable bonds is 6. The quantitative estimate of drug-likeness (QED) is 0.509. The lowest BCUT2D eigenvalue weighted by molar-refractivity contribution is -0.110. The summed E-state index contributed by atoms with van der Waals surface area (Å²) in [6, 6.07) is 15.7. The van der Waals surface area contributed by atoms with Crippen molar-refractivity contribution in [2.75, 3.05) is 19.6 Å². The molecular formula is C27H37FN4O2. The molecule has 2 N–H and O–H groups in total. The molecule has 1 amide bonds. The van der Waals surface area contributed by atoms with Gasteiger partial charge in [0, 0.05) is 31.7 Å². The lowest BCUT2D eigenvalue weighted by atomic mass is 10.0. The highest BCUT2D eigenvalue weighted by Gasteiger charge is 2.25. The molecule has 7 heteroatoms. The van der Waals surface area contributed by atoms with Crippen LogP contribution in [0.25, 0.3) is 11.0 Å². The molecule has 1 saturated carbocycles. The van der Waals surface area contributed by atoms with E-state index < -0.39 is 5.82 Å². The Hall–Kier alpha value is -2.93. The fourth-order valence-electron chi connectivity index (χ4n) is 4.53. The Morgan fingerprint density at radius 2 is 1.74 bits per heavy atom. The summed E-state index contributed by atoms with van der Waals surface area (Å²) in [6.45, 7) is 8.46. The second-order valence-corrected chi connectivity index (χ2v) is 8.84. The Bertz CT molecular complexity index is 1080. The predicted octanol–water partition coefficient (Wildman–Crippen LogP) is 4.83. The number of carbonyl (C=O) groups excluding carboxylic acids is 1. The van der Waals surface area contributed by atoms with Crippen molar-refractivity contribution in [1.29, 1.82) is 0 Å². The zero-order valence-electron chi connectivity index (χ0n) is 20.5. The third-order valence-corrected chi connectivity index (χ3v) is 6.36. The summed E-state index contributed by atoms with van der Waals surface area (Å²) in [5.41, 5.74) is 2.19. The summed E-state index contributed by atoms with van der Waals surface area (Å²) in [5, 5.41) is 2.75. The highest BCUT2D eigenvalue weighted by Crippen LogP contribution is 2.39. The number of benzene rings is 2. The molecule has 2 heterocycles. The number of amides is 1. The maximum absolute atomic E-state index is 13.8. The van der Waals surface area contributed by atoms with Gasteiger partial charge in [0.1, 0.15) is 11.3 Å². The Morgan fingerprint density at radius 3 is 2.35 bits per heavy atom. The molecule has 2 aliphatic rings. The molecule has 0 spiro atoms. The van der Waals surface area contributed by atoms with E-state index in [2.05, 4.69) is 45.5 Å². The number of H-pyrrole nitrogens is 1. The number of nitrogens with one attached hydrogen (secondary N) is 2. The van der Waals surface area contributed by atoms with Gasteiger partial charge in [-0.2, -0.15) is 0 Å². The zero-order chi connectivity index (χ0) is 24.5. The molecule has 0 bridgehead atoms. The van der Waals surface area contributed by atoms with Gasteiger partial charge in [-0.25, -0.2) is 9.18 Å². The minimum absolute atomic E-state index is 0.0728. The maximum Gasteiger partial charge on any atom is 0.326 e. The average molecular weight is 469 g/mol. The number of fused-ring (bicyclic) bond motifs is 1. The molecular weight excluding hydrogens is 431 g/mol. The Kier molecular flexibility index (Phi) is 9.45. The molecule has 2 aromatic carbocycles. The Labute approximate surface area is 201 Å². The third-order valence-electron chi connectivity index (χ3n) is 6.36. The van der Waals surface area contributed by atoms with Crippen molar-refractivity contribution in [2.45, 2.75) is 64.5 Å². The topological polar surface area (TPSA) is 70.1 Å². The monoisotopic (exact) mass is 468 g/mol. The molecule has 2 fully saturated rings. The van der Waals surface area contributed by atoms with E-state index in [9.17, 15) is 14.0 Å². The van der Waals surface area contributed by atoms with Crippen molar-refractivity contribution >= 4 is 17.4 Å². The summed E-state index contributed by atoms with van der Waals surface area (Å²) >= 11 is 0. The number of halogens is 1. The summed E-state index contributed by atoms with van der Waals surface area (Å²) in [4.78, 5) is 27.6. The highest BCUT2D eigenvalue weighted by molar-refractivity contribution is 5.75. The van der Waals surface area contributed by atoms with Crippen LogP contribution in [-0.4, -0.2) is 46.5 Å². The largest absolute Gasteiger partial charge is 0.355 e. The predicted molar refractivity (Wildman–Crippen MR) is 136 cm³/mol. The van der Waals surface area contributed by atoms with Crippen LogP contribution in [0, 0.1) is 5.82 Å². The van der Waals surface area contributed by atoms with Crippen molar-refractivity contribution < 1.29 is 9.18 Å². The molecule has 1 saturated heterocycles. The van der Waals surface area contributed by atoms with Crippen molar-refractivity contribution in [1.82, 2.24) is 19.8 Å². The van der Waals surface area contributed by atoms with Crippen molar-refractivity contribution in [2.24, 2.45) is 0 Å². The van der Waals surface area contributed by atoms with Gasteiger partial charge in [-0.1, -0.05) is 50.2 Å². The Morgan fingerprint density at radius 1 is 1.06 bits per heavy atom. The molecule has 0 radical (unpaired) electrons. The molecule has 1 aliphatic heterocycles. The van der Waals surface area contributed by atoms with Gasteiger partial charge < -0.3 is 15.2 Å². The van der Waals surface area contributed by atoms with Crippen LogP contribution < -0.4 is 11.0 Å². The van der Waals surface area contributed by atoms with Crippen LogP contribution in [0.15, 0.2) is 53.3 Å². The van der Waals surface area contributed by atoms with Crippen molar-refractivity contribution in [3.8, 4) is 0 Å². The van der Waals surface area contributed by atoms with E-state index in [0.29, 0.717) is 5.52 Å². The van der Waals surface area contributed by atoms with E-state index in [1.807, 2.05) is 20.8 Å². The number of hydrogen-bond donors (Lipinski definition) is 2. The molecule has 6 nitrogen and oxygen atoms in total. The van der Waals surface area contributed by atoms with Crippen molar-refractivity contribution in [3.05, 3.63) is 70.4 Å². The number of nitrogens with zero attached hydrogens (tertiary/aromatic N) is 2. The molecule has 5 rings (SSSR count). The molecule has 184 valence electrons. The van der Waals surface area contributed by atoms with Gasteiger partial charge in [-0.05, 0) is 56.2 Å². The van der Waals surface area contributed by atoms with Crippen LogP contribution in [0.3, 0.4) is 0 Å². The Balaban J connectivity index is 0.000000243. The van der Waals surface area contributed by atoms with Gasteiger partial charge in [0.05, 0.1) is 5.52 Å². The van der Waals surface area contributed by atoms with E-state index >= 15 is 0 Å². The zero-order valence-corrected chi connectivity index (χ0v) is 20.5. The second-order valence-electron chi connectivity index (χ2n) is 8.84. The summed E-state index contributed by atoms with van der Waals surface area (Å²) in [6.07, 6.45) is 5.19. The van der Waals surface area contributed by atoms with Crippen LogP contribution >= 0.6 is 0 Å². The highest BCUT2D eigenvalue weighted by atomic mass is 19.1. The van der Waals surface area contributed by atoms with Crippen LogP contribution in [0.1, 0.15) is 64.0 Å². The molecule has 1 aliphatic carbocycles. The first kappa shape index (κ1) is 25.7. The van der Waals surface area contributed by atoms with Crippen LogP contribution in [0.5, 0.6) is 0 Å². The molecule has 34 heavy (non-hydrogen) atoms. The molecule has 1 unspecified atom stereocenters. The minimum atomic E-state index is -0.399. The van der Waals surface area contributed by atoms with Crippen LogP contribution in [0.4, 0.5) is 4.39 Å². The number of likely N-dealkylation sites (tertiary alicyclic amines) is 1. The van der Waals surface area contributed by atoms with E-state index in [0.717, 1.165) is 44.8 Å². The standard InChI is InChI=1S/C16H21FN4O2.C9H10.C2H6/c1-11(18-10-22)9-20-7-5-12(6-8-20)21-14-4-2-3-13(17)15(14)19-16(21)23;1-2-4-8(5-3-1)9-6-7-9;1-2/h2-4,10-12H,5-9H2,1H3,(H,18,22)(H,19,23);1-5,9H,6-7H2;1-2H3. The fourth-order valence-corrected chi connectivity index (χ4v) is 4.53. The van der Waals surface area contributed by atoms with Gasteiger partial charge >= 0.3 is 5.69 Å². The lowest BCUT2D eigenvalue weighted by Gasteiger charge is -2.33. The first-order valence-corrected chi connectivity index (χ1v) is 12.4. The first-order valence-electron chi connectivity index (χ1n) is 12.4. The average Bonchev–Trinajstić information content (AvgIpc) is 3.65. The summed E-state index contributed by atoms with van der Waals surface area (Å²) in [5.74, 6) is 0.510. The van der Waals surface area contributed by atoms with E-state index in [1.54, 1.807) is 16.7 Å². The smallest absolute Gasteiger partial charge is 0.326 e. The number of piperidine rings is 1. The number of aromatic nitrogens is 2. The van der Waals surface area contributed by atoms with E-state index in [-0.39, 0.29) is 23.3 Å². The second kappa shape index (κ2) is 12.5. The third kappa shape index (κ3) is 6.56. The van der Waals surface area contributed by atoms with Crippen LogP contribution in [-0.2, 0) is 4.79 Å². The lowest BCUT2D eigenvalue weighted by Crippen LogP contribution is -2.43. The van der Waals surface area contributed by atoms with Gasteiger partial charge in [-0.3, -0.25) is 9.36 Å². The van der Waals surface area contributed by atoms with Crippen LogP contribution in [0.2, 0.25) is 0 Å². The summed E-state index contributed by atoms with van der Waals surface area (Å²) in [7, 11) is 0. The van der Waals surface area contributed by atoms with E-state index in [1.165, 1.54) is 24.5 Å². The van der Waals surface area contributed by atoms with E-state index in [4.69, 9.17) is 0 Å². The first-order chi connectivity index (χ1) is 16.6. The number of hydrogen-bond acceptors (Lipinski definition) is 3. The summed E-state index contributed by atoms with van der Waals surface area (Å²) < 4.78 is 15.5. The maximum atomic E-state index is 13.8. The van der Waals surface area contributed by atoms with Gasteiger partial charge in [-0.15, -0.1) is 0 Å². The van der Waals surface area contributed by atoms with Gasteiger partial charge in [0.25, 0.3) is 0 Å². The van der Waals surface area contributed by atoms with Gasteiger partial charge in [0.2, 0.25) is 6.41 Å². The van der Waals surface area contributed by atoms with Crippen molar-refractivity contribution in [3.63, 3.8) is 0 Å². The normalized spacial score (nSPS) is 17.2. The molecule has 1 atom stereocenters. The van der Waals surface area contributed by atoms with Gasteiger partial charge in [0.15, 0.2) is 0 Å². The molecule has 3 aromatic rings. The molecule has 1 aromatic heterocycles. The number of carbonyl (C=O) groups is 1. The SMILES string of the molecule is CC.CC(CN1CCC(n2c(=O)[nH]c3c(F)cccc32)CC1)NC=O.c1ccc(C2CC2)cc1. The number of para-hydroxylation sites is 1. The minimum Gasteiger partial charge on any atom is -0.355 e. The number of aromatic amines is 1. The number of imidazole rings is 1.